The van der Waals surface area contributed by atoms with Crippen LogP contribution in [0.4, 0.5) is 0 Å². The first-order valence-corrected chi connectivity index (χ1v) is 4.91. The van der Waals surface area contributed by atoms with Crippen LogP contribution in [0.5, 0.6) is 0 Å². The smallest absolute Gasteiger partial charge is 0.328 e. The number of aromatic nitrogens is 2. The van der Waals surface area contributed by atoms with E-state index in [-0.39, 0.29) is 12.5 Å². The van der Waals surface area contributed by atoms with Crippen molar-refractivity contribution in [2.75, 3.05) is 0 Å². The highest BCUT2D eigenvalue weighted by molar-refractivity contribution is 5.81. The maximum Gasteiger partial charge on any atom is 0.328 e. The largest absolute Gasteiger partial charge is 0.480 e. The van der Waals surface area contributed by atoms with Crippen molar-refractivity contribution < 1.29 is 14.7 Å². The molecule has 1 heterocycles. The Hall–Kier alpha value is -1.85. The van der Waals surface area contributed by atoms with Gasteiger partial charge in [0.2, 0.25) is 5.91 Å². The number of aliphatic carboxylic acids is 1. The molecule has 0 saturated carbocycles. The fraction of sp³-hybridized carbons (Fsp3) is 0.500. The predicted octanol–water partition coefficient (Wildman–Crippen LogP) is 0.0892. The quantitative estimate of drug-likeness (QED) is 0.760. The summed E-state index contributed by atoms with van der Waals surface area (Å²) in [6, 6.07) is 0.905. The van der Waals surface area contributed by atoms with Crippen LogP contribution < -0.4 is 5.32 Å². The summed E-state index contributed by atoms with van der Waals surface area (Å²) in [5, 5.41) is 15.4. The van der Waals surface area contributed by atoms with Crippen LogP contribution in [0, 0.1) is 13.8 Å². The first kappa shape index (κ1) is 12.2. The number of rotatable bonds is 4. The summed E-state index contributed by atoms with van der Waals surface area (Å²) in [4.78, 5) is 21.7. The summed E-state index contributed by atoms with van der Waals surface area (Å²) < 4.78 is 1.57. The van der Waals surface area contributed by atoms with Crippen molar-refractivity contribution in [1.82, 2.24) is 15.1 Å². The lowest BCUT2D eigenvalue weighted by Gasteiger charge is -2.14. The number of hydrogen-bond donors (Lipinski definition) is 2. The lowest BCUT2D eigenvalue weighted by atomic mass is 10.3. The van der Waals surface area contributed by atoms with Crippen LogP contribution >= 0.6 is 0 Å². The molecule has 6 nitrogen and oxygen atoms in total. The molecule has 2 N–H and O–H groups in total. The van der Waals surface area contributed by atoms with Crippen molar-refractivity contribution in [3.63, 3.8) is 0 Å². The molecule has 1 aromatic heterocycles. The van der Waals surface area contributed by atoms with Gasteiger partial charge in [-0.2, -0.15) is 5.10 Å². The number of carbonyl (C=O) groups excluding carboxylic acids is 1. The van der Waals surface area contributed by atoms with E-state index in [1.165, 1.54) is 6.92 Å². The molecule has 88 valence electrons. The fourth-order valence-electron chi connectivity index (χ4n) is 1.46. The second-order valence-corrected chi connectivity index (χ2v) is 3.70. The Balaban J connectivity index is 2.79. The van der Waals surface area contributed by atoms with Crippen LogP contribution in [0.3, 0.4) is 0 Å². The van der Waals surface area contributed by atoms with Crippen molar-refractivity contribution in [2.24, 2.45) is 0 Å². The van der Waals surface area contributed by atoms with Crippen LogP contribution in [0.15, 0.2) is 6.07 Å². The van der Waals surface area contributed by atoms with Gasteiger partial charge in [0.15, 0.2) is 0 Å². The minimum atomic E-state index is -1.07. The van der Waals surface area contributed by atoms with Crippen molar-refractivity contribution in [1.29, 1.82) is 0 Å². The molecule has 1 amide bonds. The molecule has 0 aliphatic heterocycles. The van der Waals surface area contributed by atoms with Gasteiger partial charge in [-0.25, -0.2) is 4.79 Å². The zero-order valence-corrected chi connectivity index (χ0v) is 9.52. The van der Waals surface area contributed by atoms with E-state index in [1.807, 2.05) is 19.9 Å². The van der Waals surface area contributed by atoms with Gasteiger partial charge in [-0.1, -0.05) is 0 Å². The molecule has 0 aliphatic carbocycles. The molecule has 0 fully saturated rings. The van der Waals surface area contributed by atoms with Gasteiger partial charge in [0.25, 0.3) is 0 Å². The lowest BCUT2D eigenvalue weighted by Crippen LogP contribution is -2.43. The van der Waals surface area contributed by atoms with E-state index in [0.717, 1.165) is 11.4 Å². The highest BCUT2D eigenvalue weighted by atomic mass is 16.4. The maximum absolute atomic E-state index is 10.9. The van der Waals surface area contributed by atoms with E-state index >= 15 is 0 Å². The normalized spacial score (nSPS) is 12.2. The average molecular weight is 225 g/mol. The maximum atomic E-state index is 10.9. The van der Waals surface area contributed by atoms with Gasteiger partial charge in [0, 0.05) is 12.6 Å². The predicted molar refractivity (Wildman–Crippen MR) is 56.9 cm³/mol. The zero-order chi connectivity index (χ0) is 12.3. The minimum Gasteiger partial charge on any atom is -0.480 e. The van der Waals surface area contributed by atoms with Crippen LogP contribution in [-0.2, 0) is 16.1 Å². The summed E-state index contributed by atoms with van der Waals surface area (Å²) in [7, 11) is 0. The molecule has 16 heavy (non-hydrogen) atoms. The highest BCUT2D eigenvalue weighted by Gasteiger charge is 2.20. The third-order valence-corrected chi connectivity index (χ3v) is 2.13. The molecular formula is C10H15N3O3. The van der Waals surface area contributed by atoms with Gasteiger partial charge in [-0.3, -0.25) is 9.48 Å². The Kier molecular flexibility index (Phi) is 3.65. The van der Waals surface area contributed by atoms with Gasteiger partial charge in [-0.05, 0) is 19.9 Å². The molecular weight excluding hydrogens is 210 g/mol. The summed E-state index contributed by atoms with van der Waals surface area (Å²) in [6.45, 7) is 5.09. The van der Waals surface area contributed by atoms with Gasteiger partial charge in [0.05, 0.1) is 12.2 Å². The first-order valence-electron chi connectivity index (χ1n) is 4.91. The van der Waals surface area contributed by atoms with Crippen molar-refractivity contribution in [3.8, 4) is 0 Å². The molecule has 0 bridgehead atoms. The summed E-state index contributed by atoms with van der Waals surface area (Å²) in [5.41, 5.74) is 1.69. The van der Waals surface area contributed by atoms with Crippen molar-refractivity contribution >= 4 is 11.9 Å². The number of carbonyl (C=O) groups is 2. The Morgan fingerprint density at radius 3 is 2.56 bits per heavy atom. The molecule has 1 aromatic rings. The number of aryl methyl sites for hydroxylation is 2. The van der Waals surface area contributed by atoms with Crippen molar-refractivity contribution in [2.45, 2.75) is 33.4 Å². The van der Waals surface area contributed by atoms with Gasteiger partial charge in [-0.15, -0.1) is 0 Å². The molecule has 6 heteroatoms. The SMILES string of the molecule is CC(=O)NC(Cn1nc(C)cc1C)C(=O)O. The second-order valence-electron chi connectivity index (χ2n) is 3.70. The zero-order valence-electron chi connectivity index (χ0n) is 9.52. The monoisotopic (exact) mass is 225 g/mol. The summed E-state index contributed by atoms with van der Waals surface area (Å²) in [6.07, 6.45) is 0. The third-order valence-electron chi connectivity index (χ3n) is 2.13. The summed E-state index contributed by atoms with van der Waals surface area (Å²) >= 11 is 0. The third kappa shape index (κ3) is 3.08. The van der Waals surface area contributed by atoms with Crippen LogP contribution in [0.25, 0.3) is 0 Å². The molecule has 1 atom stereocenters. The molecule has 0 spiro atoms. The van der Waals surface area contributed by atoms with E-state index in [0.29, 0.717) is 0 Å². The number of nitrogens with zero attached hydrogens (tertiary/aromatic N) is 2. The molecule has 1 unspecified atom stereocenters. The highest BCUT2D eigenvalue weighted by Crippen LogP contribution is 2.03. The first-order chi connectivity index (χ1) is 7.40. The second kappa shape index (κ2) is 4.78. The van der Waals surface area contributed by atoms with Crippen molar-refractivity contribution in [3.05, 3.63) is 17.5 Å². The van der Waals surface area contributed by atoms with E-state index in [2.05, 4.69) is 10.4 Å². The minimum absolute atomic E-state index is 0.134. The Bertz CT molecular complexity index is 411. The Morgan fingerprint density at radius 1 is 1.56 bits per heavy atom. The standard InChI is InChI=1S/C10H15N3O3/c1-6-4-7(2)13(12-6)5-9(10(15)16)11-8(3)14/h4,9H,5H2,1-3H3,(H,11,14)(H,15,16). The van der Waals surface area contributed by atoms with Gasteiger partial charge in [0.1, 0.15) is 6.04 Å². The van der Waals surface area contributed by atoms with E-state index in [4.69, 9.17) is 5.11 Å². The summed E-state index contributed by atoms with van der Waals surface area (Å²) in [5.74, 6) is -1.43. The van der Waals surface area contributed by atoms with E-state index in [9.17, 15) is 9.59 Å². The molecule has 0 aromatic carbocycles. The Labute approximate surface area is 93.3 Å². The average Bonchev–Trinajstić information content (AvgIpc) is 2.43. The van der Waals surface area contributed by atoms with E-state index < -0.39 is 12.0 Å². The van der Waals surface area contributed by atoms with Crippen LogP contribution in [0.1, 0.15) is 18.3 Å². The van der Waals surface area contributed by atoms with Crippen LogP contribution in [-0.4, -0.2) is 32.8 Å². The van der Waals surface area contributed by atoms with Gasteiger partial charge >= 0.3 is 5.97 Å². The Morgan fingerprint density at radius 2 is 2.19 bits per heavy atom. The molecule has 1 rings (SSSR count). The lowest BCUT2D eigenvalue weighted by molar-refractivity contribution is -0.142. The number of hydrogen-bond acceptors (Lipinski definition) is 3. The molecule has 0 aliphatic rings. The van der Waals surface area contributed by atoms with E-state index in [1.54, 1.807) is 4.68 Å². The number of carboxylic acid groups (broad SMARTS) is 1. The van der Waals surface area contributed by atoms with Gasteiger partial charge < -0.3 is 10.4 Å². The number of nitrogens with one attached hydrogen (secondary N) is 1. The molecule has 0 radical (unpaired) electrons. The van der Waals surface area contributed by atoms with Crippen LogP contribution in [0.2, 0.25) is 0 Å². The topological polar surface area (TPSA) is 84.2 Å². The fourth-order valence-corrected chi connectivity index (χ4v) is 1.46. The number of carboxylic acids is 1. The number of amides is 1. The molecule has 0 saturated heterocycles.